The minimum Gasteiger partial charge on any atom is -0.305 e. The number of aryl methyl sites for hydroxylation is 1. The zero-order chi connectivity index (χ0) is 19.4. The summed E-state index contributed by atoms with van der Waals surface area (Å²) in [6.45, 7) is 2.31. The first kappa shape index (κ1) is 19.7. The zero-order valence-corrected chi connectivity index (χ0v) is 17.4. The maximum Gasteiger partial charge on any atom is 0.326 e. The molecule has 0 atom stereocenters. The van der Waals surface area contributed by atoms with Gasteiger partial charge in [-0.25, -0.2) is 10.1 Å². The van der Waals surface area contributed by atoms with E-state index in [4.69, 9.17) is 5.26 Å². The summed E-state index contributed by atoms with van der Waals surface area (Å²) in [4.78, 5) is 18.7. The number of hydrogen-bond donors (Lipinski definition) is 1. The van der Waals surface area contributed by atoms with Crippen LogP contribution in [-0.4, -0.2) is 21.2 Å². The van der Waals surface area contributed by atoms with Crippen LogP contribution in [0.25, 0.3) is 21.9 Å². The Balaban J connectivity index is 0.000000168. The summed E-state index contributed by atoms with van der Waals surface area (Å²) in [6.07, 6.45) is 9.78. The van der Waals surface area contributed by atoms with E-state index < -0.39 is 0 Å². The van der Waals surface area contributed by atoms with Gasteiger partial charge in [-0.15, -0.1) is 0 Å². The number of rotatable bonds is 2. The highest BCUT2D eigenvalue weighted by atomic mass is 79.9. The number of aromatic nitrogens is 3. The first-order chi connectivity index (χ1) is 13.0. The van der Waals surface area contributed by atoms with E-state index >= 15 is 0 Å². The van der Waals surface area contributed by atoms with Gasteiger partial charge in [0.1, 0.15) is 0 Å². The maximum atomic E-state index is 11.5. The van der Waals surface area contributed by atoms with Crippen LogP contribution in [0.3, 0.4) is 0 Å². The maximum absolute atomic E-state index is 11.5. The number of nitriles is 1. The monoisotopic (exact) mass is 426 g/mol. The van der Waals surface area contributed by atoms with E-state index in [-0.39, 0.29) is 12.4 Å². The molecule has 0 unspecified atom stereocenters. The largest absolute Gasteiger partial charge is 0.326 e. The second kappa shape index (κ2) is 8.75. The SMILES string of the molecule is CB(C#N)CC1CCCCC1.Cn1c(=O)[nH]c2c3cc(Br)ccc3ncc21. The molecule has 2 heterocycles. The van der Waals surface area contributed by atoms with Gasteiger partial charge in [0, 0.05) is 22.9 Å². The van der Waals surface area contributed by atoms with Crippen LogP contribution in [0.1, 0.15) is 32.1 Å². The number of H-pyrrole nitrogens is 1. The molecular weight excluding hydrogens is 403 g/mol. The Hall–Kier alpha value is -2.07. The average molecular weight is 427 g/mol. The molecule has 1 aliphatic carbocycles. The highest BCUT2D eigenvalue weighted by Gasteiger charge is 2.17. The summed E-state index contributed by atoms with van der Waals surface area (Å²) in [5.74, 6) is 3.17. The molecule has 27 heavy (non-hydrogen) atoms. The summed E-state index contributed by atoms with van der Waals surface area (Å²) in [6, 6.07) is 5.81. The smallest absolute Gasteiger partial charge is 0.305 e. The Labute approximate surface area is 168 Å². The Morgan fingerprint density at radius 1 is 1.37 bits per heavy atom. The summed E-state index contributed by atoms with van der Waals surface area (Å²) in [5, 5.41) is 9.56. The quantitative estimate of drug-likeness (QED) is 0.590. The number of nitrogens with one attached hydrogen (secondary N) is 1. The molecule has 5 nitrogen and oxygen atoms in total. The van der Waals surface area contributed by atoms with E-state index in [1.807, 2.05) is 25.0 Å². The van der Waals surface area contributed by atoms with E-state index in [1.165, 1.54) is 32.1 Å². The Bertz CT molecular complexity index is 1030. The van der Waals surface area contributed by atoms with E-state index in [1.54, 1.807) is 17.8 Å². The van der Waals surface area contributed by atoms with Crippen LogP contribution in [0.4, 0.5) is 0 Å². The number of benzene rings is 1. The van der Waals surface area contributed by atoms with Crippen molar-refractivity contribution in [1.82, 2.24) is 14.5 Å². The minimum atomic E-state index is -0.121. The molecule has 0 amide bonds. The number of pyridine rings is 1. The predicted octanol–water partition coefficient (Wildman–Crippen LogP) is 4.93. The van der Waals surface area contributed by atoms with E-state index in [0.29, 0.717) is 0 Å². The molecule has 0 spiro atoms. The zero-order valence-electron chi connectivity index (χ0n) is 15.8. The molecule has 1 fully saturated rings. The average Bonchev–Trinajstić information content (AvgIpc) is 2.98. The standard InChI is InChI=1S/C11H8BrN3O.C9H16BN/c1-15-9-5-13-8-3-2-6(12)4-7(8)10(9)14-11(15)16;1-10(8-11)7-9-5-3-2-4-6-9/h2-5H,1H3,(H,14,16);9H,2-7H2,1H3. The second-order valence-corrected chi connectivity index (χ2v) is 8.35. The number of aromatic amines is 1. The fourth-order valence-corrected chi connectivity index (χ4v) is 4.18. The van der Waals surface area contributed by atoms with Crippen molar-refractivity contribution in [2.24, 2.45) is 13.0 Å². The predicted molar refractivity (Wildman–Crippen MR) is 115 cm³/mol. The minimum absolute atomic E-state index is 0.121. The van der Waals surface area contributed by atoms with Gasteiger partial charge in [-0.2, -0.15) is 0 Å². The Morgan fingerprint density at radius 3 is 2.81 bits per heavy atom. The topological polar surface area (TPSA) is 74.5 Å². The van der Waals surface area contributed by atoms with Crippen LogP contribution < -0.4 is 5.69 Å². The van der Waals surface area contributed by atoms with Crippen LogP contribution in [0.15, 0.2) is 33.7 Å². The van der Waals surface area contributed by atoms with Gasteiger partial charge in [0.25, 0.3) is 6.71 Å². The van der Waals surface area contributed by atoms with Gasteiger partial charge in [-0.1, -0.05) is 61.2 Å². The third-order valence-corrected chi connectivity index (χ3v) is 5.83. The Kier molecular flexibility index (Phi) is 6.38. The highest BCUT2D eigenvalue weighted by Crippen LogP contribution is 2.27. The number of hydrogen-bond acceptors (Lipinski definition) is 3. The number of halogens is 1. The molecule has 1 aromatic carbocycles. The molecule has 0 bridgehead atoms. The molecule has 1 N–H and O–H groups in total. The molecule has 140 valence electrons. The van der Waals surface area contributed by atoms with Gasteiger partial charge in [0.2, 0.25) is 0 Å². The summed E-state index contributed by atoms with van der Waals surface area (Å²) >= 11 is 3.42. The molecule has 1 saturated carbocycles. The third kappa shape index (κ3) is 4.62. The number of nitrogens with zero attached hydrogens (tertiary/aromatic N) is 3. The summed E-state index contributed by atoms with van der Waals surface area (Å²) in [7, 11) is 1.73. The number of fused-ring (bicyclic) bond motifs is 3. The van der Waals surface area contributed by atoms with Crippen molar-refractivity contribution in [2.75, 3.05) is 0 Å². The van der Waals surface area contributed by atoms with E-state index in [2.05, 4.69) is 31.9 Å². The lowest BCUT2D eigenvalue weighted by atomic mass is 9.48. The van der Waals surface area contributed by atoms with Crippen LogP contribution in [0, 0.1) is 17.1 Å². The lowest BCUT2D eigenvalue weighted by molar-refractivity contribution is 0.384. The van der Waals surface area contributed by atoms with Gasteiger partial charge in [-0.05, 0) is 24.1 Å². The Morgan fingerprint density at radius 2 is 2.11 bits per heavy atom. The van der Waals surface area contributed by atoms with Gasteiger partial charge in [0.15, 0.2) is 0 Å². The van der Waals surface area contributed by atoms with Gasteiger partial charge >= 0.3 is 5.69 Å². The van der Waals surface area contributed by atoms with Crippen LogP contribution >= 0.6 is 15.9 Å². The molecule has 2 aromatic heterocycles. The van der Waals surface area contributed by atoms with Crippen molar-refractivity contribution in [3.8, 4) is 5.97 Å². The van der Waals surface area contributed by atoms with Crippen LogP contribution in [-0.2, 0) is 7.05 Å². The van der Waals surface area contributed by atoms with Gasteiger partial charge < -0.3 is 4.98 Å². The molecule has 1 aliphatic rings. The highest BCUT2D eigenvalue weighted by molar-refractivity contribution is 9.10. The normalized spacial score (nSPS) is 14.6. The number of imidazole rings is 1. The molecule has 0 radical (unpaired) electrons. The summed E-state index contributed by atoms with van der Waals surface area (Å²) < 4.78 is 2.53. The van der Waals surface area contributed by atoms with Crippen molar-refractivity contribution >= 4 is 44.6 Å². The van der Waals surface area contributed by atoms with E-state index in [9.17, 15) is 4.79 Å². The van der Waals surface area contributed by atoms with Crippen molar-refractivity contribution < 1.29 is 0 Å². The molecule has 7 heteroatoms. The third-order valence-electron chi connectivity index (χ3n) is 5.34. The molecule has 0 aliphatic heterocycles. The summed E-state index contributed by atoms with van der Waals surface area (Å²) in [5.41, 5.74) is 2.40. The van der Waals surface area contributed by atoms with Crippen LogP contribution in [0.2, 0.25) is 13.1 Å². The van der Waals surface area contributed by atoms with Crippen molar-refractivity contribution in [3.05, 3.63) is 39.4 Å². The lowest BCUT2D eigenvalue weighted by Crippen LogP contribution is -2.14. The molecule has 0 saturated heterocycles. The van der Waals surface area contributed by atoms with Crippen molar-refractivity contribution in [1.29, 1.82) is 5.26 Å². The lowest BCUT2D eigenvalue weighted by Gasteiger charge is -2.21. The van der Waals surface area contributed by atoms with Gasteiger partial charge in [0.05, 0.1) is 22.7 Å². The van der Waals surface area contributed by atoms with Crippen molar-refractivity contribution in [2.45, 2.75) is 45.2 Å². The first-order valence-electron chi connectivity index (χ1n) is 9.52. The fourth-order valence-electron chi connectivity index (χ4n) is 3.82. The first-order valence-corrected chi connectivity index (χ1v) is 10.3. The van der Waals surface area contributed by atoms with E-state index in [0.717, 1.165) is 38.6 Å². The van der Waals surface area contributed by atoms with Crippen molar-refractivity contribution in [3.63, 3.8) is 0 Å². The van der Waals surface area contributed by atoms with Gasteiger partial charge in [-0.3, -0.25) is 9.55 Å². The molecule has 3 aromatic rings. The molecule has 4 rings (SSSR count). The molecular formula is C20H24BBrN4O. The fraction of sp³-hybridized carbons (Fsp3) is 0.450. The van der Waals surface area contributed by atoms with Crippen LogP contribution in [0.5, 0.6) is 0 Å². The second-order valence-electron chi connectivity index (χ2n) is 7.44.